The van der Waals surface area contributed by atoms with Crippen LogP contribution >= 0.6 is 0 Å². The Balaban J connectivity index is 2.05. The zero-order chi connectivity index (χ0) is 13.8. The summed E-state index contributed by atoms with van der Waals surface area (Å²) in [5, 5.41) is 4.95. The fourth-order valence-electron chi connectivity index (χ4n) is 2.13. The zero-order valence-electron chi connectivity index (χ0n) is 11.4. The molecule has 2 aromatic rings. The minimum absolute atomic E-state index is 0.547. The van der Waals surface area contributed by atoms with Crippen molar-refractivity contribution < 1.29 is 4.84 Å². The summed E-state index contributed by atoms with van der Waals surface area (Å²) in [6.07, 6.45) is 2.06. The second-order valence-electron chi connectivity index (χ2n) is 4.57. The Morgan fingerprint density at radius 2 is 1.95 bits per heavy atom. The second-order valence-corrected chi connectivity index (χ2v) is 4.57. The number of hydrogen-bond acceptors (Lipinski definition) is 6. The third kappa shape index (κ3) is 2.70. The van der Waals surface area contributed by atoms with Gasteiger partial charge >= 0.3 is 0 Å². The lowest BCUT2D eigenvalue weighted by Gasteiger charge is -2.18. The Labute approximate surface area is 117 Å². The molecule has 1 aliphatic heterocycles. The Morgan fingerprint density at radius 1 is 1.10 bits per heavy atom. The van der Waals surface area contributed by atoms with E-state index in [1.54, 1.807) is 12.2 Å². The van der Waals surface area contributed by atoms with E-state index in [4.69, 9.17) is 4.84 Å². The number of nitrogens with zero attached hydrogens (tertiary/aromatic N) is 4. The van der Waals surface area contributed by atoms with Gasteiger partial charge in [-0.05, 0) is 12.8 Å². The van der Waals surface area contributed by atoms with Crippen molar-refractivity contribution in [3.8, 4) is 11.4 Å². The lowest BCUT2D eigenvalue weighted by Crippen LogP contribution is -2.25. The molecule has 0 atom stereocenters. The van der Waals surface area contributed by atoms with Gasteiger partial charge < -0.3 is 5.32 Å². The molecule has 0 unspecified atom stereocenters. The number of benzene rings is 1. The molecule has 1 N–H and O–H groups in total. The fourth-order valence-corrected chi connectivity index (χ4v) is 2.13. The lowest BCUT2D eigenvalue weighted by molar-refractivity contribution is 0.161. The highest BCUT2D eigenvalue weighted by Gasteiger charge is 2.15. The van der Waals surface area contributed by atoms with Gasteiger partial charge in [0.15, 0.2) is 5.82 Å². The molecule has 0 spiro atoms. The van der Waals surface area contributed by atoms with Crippen LogP contribution < -0.4 is 10.4 Å². The third-order valence-corrected chi connectivity index (χ3v) is 3.17. The third-order valence-electron chi connectivity index (χ3n) is 3.17. The molecule has 2 bridgehead atoms. The normalized spacial score (nSPS) is 14.9. The predicted molar refractivity (Wildman–Crippen MR) is 77.3 cm³/mol. The largest absolute Gasteiger partial charge is 0.354 e. The number of hydroxylamine groups is 1. The number of fused-ring (bicyclic) bond motifs is 2. The van der Waals surface area contributed by atoms with Crippen LogP contribution in [0, 0.1) is 0 Å². The predicted octanol–water partition coefficient (Wildman–Crippen LogP) is 2.11. The average molecular weight is 271 g/mol. The maximum absolute atomic E-state index is 5.36. The molecule has 2 heterocycles. The lowest BCUT2D eigenvalue weighted by atomic mass is 10.2. The summed E-state index contributed by atoms with van der Waals surface area (Å²) >= 11 is 0. The maximum atomic E-state index is 5.36. The first kappa shape index (κ1) is 12.8. The second kappa shape index (κ2) is 5.83. The smallest absolute Gasteiger partial charge is 0.255 e. The van der Waals surface area contributed by atoms with Crippen molar-refractivity contribution in [2.75, 3.05) is 30.6 Å². The van der Waals surface area contributed by atoms with E-state index < -0.39 is 0 Å². The van der Waals surface area contributed by atoms with Crippen LogP contribution in [0.5, 0.6) is 0 Å². The van der Waals surface area contributed by atoms with E-state index >= 15 is 0 Å². The summed E-state index contributed by atoms with van der Waals surface area (Å²) < 4.78 is 0. The van der Waals surface area contributed by atoms with Gasteiger partial charge in [-0.2, -0.15) is 15.0 Å². The molecular formula is C14H17N5O. The van der Waals surface area contributed by atoms with E-state index in [1.165, 1.54) is 0 Å². The topological polar surface area (TPSA) is 63.2 Å². The first-order valence-electron chi connectivity index (χ1n) is 6.74. The number of rotatable bonds is 2. The van der Waals surface area contributed by atoms with E-state index in [0.29, 0.717) is 17.7 Å². The molecule has 3 rings (SSSR count). The molecule has 1 aliphatic rings. The van der Waals surface area contributed by atoms with Crippen LogP contribution in [0.2, 0.25) is 0 Å². The van der Waals surface area contributed by atoms with Crippen molar-refractivity contribution in [3.63, 3.8) is 0 Å². The van der Waals surface area contributed by atoms with Crippen molar-refractivity contribution in [1.29, 1.82) is 0 Å². The molecule has 0 aliphatic carbocycles. The summed E-state index contributed by atoms with van der Waals surface area (Å²) in [5.41, 5.74) is 0.967. The summed E-state index contributed by atoms with van der Waals surface area (Å²) in [5.74, 6) is 1.80. The molecule has 0 radical (unpaired) electrons. The van der Waals surface area contributed by atoms with Crippen molar-refractivity contribution in [2.24, 2.45) is 0 Å². The van der Waals surface area contributed by atoms with Crippen molar-refractivity contribution in [3.05, 3.63) is 30.3 Å². The zero-order valence-corrected chi connectivity index (χ0v) is 11.4. The highest BCUT2D eigenvalue weighted by atomic mass is 16.7. The molecule has 6 nitrogen and oxygen atoms in total. The Kier molecular flexibility index (Phi) is 3.73. The van der Waals surface area contributed by atoms with Crippen LogP contribution in [0.25, 0.3) is 11.4 Å². The van der Waals surface area contributed by atoms with Gasteiger partial charge in [0, 0.05) is 18.7 Å². The van der Waals surface area contributed by atoms with Gasteiger partial charge in [0.1, 0.15) is 0 Å². The minimum Gasteiger partial charge on any atom is -0.354 e. The highest BCUT2D eigenvalue weighted by molar-refractivity contribution is 5.57. The van der Waals surface area contributed by atoms with Crippen molar-refractivity contribution >= 4 is 11.9 Å². The molecule has 0 fully saturated rings. The van der Waals surface area contributed by atoms with Gasteiger partial charge in [-0.3, -0.25) is 4.84 Å². The SMILES string of the molecule is CON1CCCCNc2nc(-c3ccccc3)nc1n2. The van der Waals surface area contributed by atoms with E-state index in [9.17, 15) is 0 Å². The van der Waals surface area contributed by atoms with Gasteiger partial charge in [-0.25, -0.2) is 5.06 Å². The standard InChI is InChI=1S/C14H17N5O/c1-20-19-10-6-5-9-15-13-16-12(17-14(19)18-13)11-7-3-2-4-8-11/h2-4,7-8H,5-6,9-10H2,1H3,(H,15,16,17,18). The van der Waals surface area contributed by atoms with E-state index in [-0.39, 0.29) is 0 Å². The molecule has 0 amide bonds. The van der Waals surface area contributed by atoms with Gasteiger partial charge in [0.05, 0.1) is 7.11 Å². The van der Waals surface area contributed by atoms with Crippen LogP contribution in [-0.2, 0) is 4.84 Å². The quantitative estimate of drug-likeness (QED) is 0.902. The first-order chi connectivity index (χ1) is 9.86. The van der Waals surface area contributed by atoms with E-state index in [2.05, 4.69) is 20.3 Å². The van der Waals surface area contributed by atoms with Crippen LogP contribution in [0.1, 0.15) is 12.8 Å². The van der Waals surface area contributed by atoms with Gasteiger partial charge in [-0.1, -0.05) is 30.3 Å². The summed E-state index contributed by atoms with van der Waals surface area (Å²) in [4.78, 5) is 18.7. The van der Waals surface area contributed by atoms with Gasteiger partial charge in [0.2, 0.25) is 5.95 Å². The molecule has 1 aromatic carbocycles. The summed E-state index contributed by atoms with van der Waals surface area (Å²) in [6, 6.07) is 9.88. The number of hydrogen-bond donors (Lipinski definition) is 1. The summed E-state index contributed by atoms with van der Waals surface area (Å²) in [6.45, 7) is 1.63. The van der Waals surface area contributed by atoms with Gasteiger partial charge in [0.25, 0.3) is 5.95 Å². The number of aromatic nitrogens is 3. The average Bonchev–Trinajstić information content (AvgIpc) is 2.57. The fraction of sp³-hybridized carbons (Fsp3) is 0.357. The molecular weight excluding hydrogens is 254 g/mol. The molecule has 6 heteroatoms. The van der Waals surface area contributed by atoms with Crippen molar-refractivity contribution in [1.82, 2.24) is 15.0 Å². The highest BCUT2D eigenvalue weighted by Crippen LogP contribution is 2.20. The maximum Gasteiger partial charge on any atom is 0.255 e. The Hall–Kier alpha value is -2.21. The van der Waals surface area contributed by atoms with Crippen molar-refractivity contribution in [2.45, 2.75) is 12.8 Å². The number of anilines is 2. The Morgan fingerprint density at radius 3 is 2.75 bits per heavy atom. The summed E-state index contributed by atoms with van der Waals surface area (Å²) in [7, 11) is 1.64. The van der Waals surface area contributed by atoms with Gasteiger partial charge in [-0.15, -0.1) is 0 Å². The molecule has 0 saturated carbocycles. The molecule has 104 valence electrons. The molecule has 1 aromatic heterocycles. The van der Waals surface area contributed by atoms with E-state index in [1.807, 2.05) is 30.3 Å². The molecule has 0 saturated heterocycles. The number of nitrogens with one attached hydrogen (secondary N) is 1. The van der Waals surface area contributed by atoms with E-state index in [0.717, 1.165) is 31.5 Å². The van der Waals surface area contributed by atoms with Crippen LogP contribution in [-0.4, -0.2) is 35.2 Å². The van der Waals surface area contributed by atoms with Crippen LogP contribution in [0.3, 0.4) is 0 Å². The Bertz CT molecular complexity index is 575. The van der Waals surface area contributed by atoms with Crippen LogP contribution in [0.15, 0.2) is 30.3 Å². The molecule has 20 heavy (non-hydrogen) atoms. The first-order valence-corrected chi connectivity index (χ1v) is 6.74. The minimum atomic E-state index is 0.547. The van der Waals surface area contributed by atoms with Crippen LogP contribution in [0.4, 0.5) is 11.9 Å². The monoisotopic (exact) mass is 271 g/mol.